The summed E-state index contributed by atoms with van der Waals surface area (Å²) in [7, 11) is 1.76. The van der Waals surface area contributed by atoms with E-state index in [1.54, 1.807) is 7.05 Å². The number of aliphatic imine (C=N–C) groups is 1. The monoisotopic (exact) mass is 561 g/mol. The maximum absolute atomic E-state index is 12.7. The van der Waals surface area contributed by atoms with E-state index in [1.165, 1.54) is 21.4 Å². The quantitative estimate of drug-likeness (QED) is 0.116. The number of amides is 2. The number of halogens is 1. The topological polar surface area (TPSA) is 89.6 Å². The van der Waals surface area contributed by atoms with Crippen molar-refractivity contribution in [3.63, 3.8) is 0 Å². The van der Waals surface area contributed by atoms with E-state index in [0.29, 0.717) is 13.1 Å². The largest absolute Gasteiger partial charge is 0.361 e. The first-order valence-electron chi connectivity index (χ1n) is 11.7. The van der Waals surface area contributed by atoms with Crippen molar-refractivity contribution in [1.82, 2.24) is 20.5 Å². The van der Waals surface area contributed by atoms with Gasteiger partial charge in [-0.15, -0.1) is 24.0 Å². The third-order valence-corrected chi connectivity index (χ3v) is 7.23. The van der Waals surface area contributed by atoms with Gasteiger partial charge in [0.15, 0.2) is 5.96 Å². The van der Waals surface area contributed by atoms with Crippen LogP contribution in [0.5, 0.6) is 0 Å². The summed E-state index contributed by atoms with van der Waals surface area (Å²) in [5.41, 5.74) is 2.51. The zero-order chi connectivity index (χ0) is 22.1. The molecule has 0 spiro atoms. The van der Waals surface area contributed by atoms with Crippen molar-refractivity contribution >= 4 is 52.7 Å². The van der Waals surface area contributed by atoms with E-state index in [4.69, 9.17) is 0 Å². The second kappa shape index (κ2) is 10.3. The van der Waals surface area contributed by atoms with Crippen molar-refractivity contribution in [1.29, 1.82) is 0 Å². The summed E-state index contributed by atoms with van der Waals surface area (Å²) in [4.78, 5) is 34.6. The molecule has 8 heteroatoms. The number of hydrogen-bond donors (Lipinski definition) is 3. The molecule has 1 aromatic heterocycles. The van der Waals surface area contributed by atoms with Gasteiger partial charge in [-0.2, -0.15) is 0 Å². The molecule has 2 bridgehead atoms. The maximum atomic E-state index is 12.7. The van der Waals surface area contributed by atoms with E-state index in [9.17, 15) is 9.59 Å². The number of nitrogens with zero attached hydrogens (tertiary/aromatic N) is 2. The Labute approximate surface area is 211 Å². The van der Waals surface area contributed by atoms with Crippen molar-refractivity contribution in [2.24, 2.45) is 28.7 Å². The summed E-state index contributed by atoms with van der Waals surface area (Å²) in [6, 6.07) is 8.36. The molecule has 2 amide bonds. The van der Waals surface area contributed by atoms with Gasteiger partial charge in [-0.1, -0.05) is 30.4 Å². The molecule has 33 heavy (non-hydrogen) atoms. The van der Waals surface area contributed by atoms with Gasteiger partial charge < -0.3 is 15.6 Å². The molecule has 3 N–H and O–H groups in total. The standard InChI is InChI=1S/C25H31N5O2.HI/c1-26-25(27-11-4-6-18-15-29-20-8-3-2-7-19(18)20)28-12-5-13-30-23(31)21-16-9-10-17(14-16)22(21)24(30)32;/h2-3,7-10,15-17,21-22,29H,4-6,11-14H2,1H3,(H2,26,27,28);1H. The molecule has 5 rings (SSSR count). The summed E-state index contributed by atoms with van der Waals surface area (Å²) in [5.74, 6) is 1.18. The number of allylic oxidation sites excluding steroid dienone is 2. The van der Waals surface area contributed by atoms with Crippen LogP contribution in [0, 0.1) is 23.7 Å². The first kappa shape index (κ1) is 23.8. The molecule has 2 aliphatic carbocycles. The van der Waals surface area contributed by atoms with Crippen LogP contribution in [0.3, 0.4) is 0 Å². The molecule has 2 heterocycles. The highest BCUT2D eigenvalue weighted by Gasteiger charge is 2.58. The lowest BCUT2D eigenvalue weighted by molar-refractivity contribution is -0.140. The lowest BCUT2D eigenvalue weighted by atomic mass is 9.85. The predicted octanol–water partition coefficient (Wildman–Crippen LogP) is 3.08. The number of carbonyl (C=O) groups excluding carboxylic acids is 2. The van der Waals surface area contributed by atoms with Crippen LogP contribution >= 0.6 is 24.0 Å². The van der Waals surface area contributed by atoms with Crippen molar-refractivity contribution in [2.75, 3.05) is 26.7 Å². The van der Waals surface area contributed by atoms with Gasteiger partial charge in [0.25, 0.3) is 0 Å². The average molecular weight is 561 g/mol. The van der Waals surface area contributed by atoms with E-state index in [-0.39, 0.29) is 59.5 Å². The molecule has 1 aliphatic heterocycles. The van der Waals surface area contributed by atoms with E-state index in [2.05, 4.69) is 57.2 Å². The Morgan fingerprint density at radius 2 is 1.73 bits per heavy atom. The number of hydrogen-bond acceptors (Lipinski definition) is 3. The van der Waals surface area contributed by atoms with E-state index in [0.717, 1.165) is 38.2 Å². The molecule has 1 saturated carbocycles. The summed E-state index contributed by atoms with van der Waals surface area (Å²) in [6.07, 6.45) is 10.0. The highest BCUT2D eigenvalue weighted by atomic mass is 127. The summed E-state index contributed by atoms with van der Waals surface area (Å²) in [5, 5.41) is 7.93. The fourth-order valence-corrected chi connectivity index (χ4v) is 5.67. The van der Waals surface area contributed by atoms with Gasteiger partial charge in [0.2, 0.25) is 11.8 Å². The van der Waals surface area contributed by atoms with Gasteiger partial charge in [0.05, 0.1) is 11.8 Å². The SMILES string of the molecule is CN=C(NCCCc1c[nH]c2ccccc12)NCCCN1C(=O)C2C3C=CC(C3)C2C1=O.I. The number of aryl methyl sites for hydroxylation is 1. The number of H-pyrrole nitrogens is 1. The number of likely N-dealkylation sites (tertiary alicyclic amines) is 1. The molecule has 2 fully saturated rings. The van der Waals surface area contributed by atoms with E-state index < -0.39 is 0 Å². The fourth-order valence-electron chi connectivity index (χ4n) is 5.67. The molecule has 7 nitrogen and oxygen atoms in total. The Bertz CT molecular complexity index is 1050. The molecule has 3 aliphatic rings. The van der Waals surface area contributed by atoms with Crippen molar-refractivity contribution in [3.05, 3.63) is 48.2 Å². The lowest BCUT2D eigenvalue weighted by Crippen LogP contribution is -2.40. The van der Waals surface area contributed by atoms with Gasteiger partial charge in [-0.25, -0.2) is 0 Å². The number of fused-ring (bicyclic) bond motifs is 6. The summed E-state index contributed by atoms with van der Waals surface area (Å²) in [6.45, 7) is 1.97. The number of guanidine groups is 1. The maximum Gasteiger partial charge on any atom is 0.233 e. The van der Waals surface area contributed by atoms with Crippen molar-refractivity contribution in [3.8, 4) is 0 Å². The van der Waals surface area contributed by atoms with Crippen LogP contribution in [0.25, 0.3) is 10.9 Å². The second-order valence-electron chi connectivity index (χ2n) is 9.07. The molecule has 4 unspecified atom stereocenters. The van der Waals surface area contributed by atoms with Crippen LogP contribution in [-0.2, 0) is 16.0 Å². The van der Waals surface area contributed by atoms with Gasteiger partial charge >= 0.3 is 0 Å². The van der Waals surface area contributed by atoms with Gasteiger partial charge in [0.1, 0.15) is 0 Å². The number of imide groups is 1. The van der Waals surface area contributed by atoms with Crippen LogP contribution in [0.2, 0.25) is 0 Å². The minimum atomic E-state index is -0.1000. The zero-order valence-corrected chi connectivity index (χ0v) is 21.3. The van der Waals surface area contributed by atoms with E-state index in [1.807, 2.05) is 6.07 Å². The average Bonchev–Trinajstić information content (AvgIpc) is 3.58. The second-order valence-corrected chi connectivity index (χ2v) is 9.07. The minimum absolute atomic E-state index is 0. The van der Waals surface area contributed by atoms with Crippen LogP contribution < -0.4 is 10.6 Å². The third-order valence-electron chi connectivity index (χ3n) is 7.23. The number of para-hydroxylation sites is 1. The highest BCUT2D eigenvalue weighted by Crippen LogP contribution is 2.52. The molecule has 4 atom stereocenters. The Morgan fingerprint density at radius 3 is 2.42 bits per heavy atom. The molecule has 2 aromatic rings. The minimum Gasteiger partial charge on any atom is -0.361 e. The Kier molecular flexibility index (Phi) is 7.41. The number of aromatic nitrogens is 1. The first-order valence-corrected chi connectivity index (χ1v) is 11.7. The molecular formula is C25H32IN5O2. The number of rotatable bonds is 8. The number of benzene rings is 1. The van der Waals surface area contributed by atoms with E-state index >= 15 is 0 Å². The number of carbonyl (C=O) groups is 2. The predicted molar refractivity (Wildman–Crippen MR) is 140 cm³/mol. The Morgan fingerprint density at radius 1 is 1.06 bits per heavy atom. The molecule has 1 saturated heterocycles. The smallest absolute Gasteiger partial charge is 0.233 e. The van der Waals surface area contributed by atoms with Crippen LogP contribution in [0.15, 0.2) is 47.6 Å². The Balaban J connectivity index is 0.00000259. The van der Waals surface area contributed by atoms with Gasteiger partial charge in [-0.3, -0.25) is 19.5 Å². The van der Waals surface area contributed by atoms with Crippen molar-refractivity contribution < 1.29 is 9.59 Å². The zero-order valence-electron chi connectivity index (χ0n) is 18.9. The molecular weight excluding hydrogens is 529 g/mol. The van der Waals surface area contributed by atoms with Gasteiger partial charge in [-0.05, 0) is 49.1 Å². The van der Waals surface area contributed by atoms with Crippen LogP contribution in [-0.4, -0.2) is 54.3 Å². The Hall–Kier alpha value is -2.36. The van der Waals surface area contributed by atoms with Crippen LogP contribution in [0.1, 0.15) is 24.8 Å². The van der Waals surface area contributed by atoms with Crippen LogP contribution in [0.4, 0.5) is 0 Å². The summed E-state index contributed by atoms with van der Waals surface area (Å²) < 4.78 is 0. The number of aromatic amines is 1. The van der Waals surface area contributed by atoms with Gasteiger partial charge in [0, 0.05) is 43.8 Å². The third kappa shape index (κ3) is 4.54. The first-order chi connectivity index (χ1) is 15.7. The normalized spacial score (nSPS) is 25.6. The number of nitrogens with one attached hydrogen (secondary N) is 3. The summed E-state index contributed by atoms with van der Waals surface area (Å²) >= 11 is 0. The molecule has 1 aromatic carbocycles. The fraction of sp³-hybridized carbons (Fsp3) is 0.480. The molecule has 0 radical (unpaired) electrons. The molecule has 176 valence electrons. The lowest BCUT2D eigenvalue weighted by Gasteiger charge is -2.18. The van der Waals surface area contributed by atoms with Crippen molar-refractivity contribution in [2.45, 2.75) is 25.7 Å². The highest BCUT2D eigenvalue weighted by molar-refractivity contribution is 14.0.